The SMILES string of the molecule is COC(=O)c1ccc(CSC(=S)N[C@@H]2CC[S+](=O)(O)C2)cc1. The zero-order valence-electron chi connectivity index (χ0n) is 12.1. The summed E-state index contributed by atoms with van der Waals surface area (Å²) in [4.78, 5) is 11.3. The first-order valence-electron chi connectivity index (χ1n) is 6.72. The van der Waals surface area contributed by atoms with Crippen LogP contribution in [0.4, 0.5) is 0 Å². The minimum atomic E-state index is -2.65. The first-order valence-corrected chi connectivity index (χ1v) is 9.97. The molecule has 1 aromatic carbocycles. The number of carbonyl (C=O) groups excluding carboxylic acids is 1. The standard InChI is InChI=1S/C14H17NO4S3/c1-19-13(16)11-4-2-10(3-5-11)8-21-14(20)15-12-6-7-22(17,18)9-12/h2-5,12H,6-9H2,1H3,(H-,15,17,18,20)/p+1/t12-/m1/s1. The van der Waals surface area contributed by atoms with Crippen molar-refractivity contribution in [3.05, 3.63) is 35.4 Å². The van der Waals surface area contributed by atoms with Crippen LogP contribution in [-0.2, 0) is 24.9 Å². The van der Waals surface area contributed by atoms with E-state index >= 15 is 0 Å². The molecule has 1 aliphatic rings. The number of hydrogen-bond donors (Lipinski definition) is 2. The van der Waals surface area contributed by atoms with Crippen LogP contribution in [0.5, 0.6) is 0 Å². The Balaban J connectivity index is 1.79. The van der Waals surface area contributed by atoms with Gasteiger partial charge in [-0.05, 0) is 17.7 Å². The Bertz CT molecular complexity index is 603. The van der Waals surface area contributed by atoms with Gasteiger partial charge in [0, 0.05) is 12.2 Å². The van der Waals surface area contributed by atoms with Crippen molar-refractivity contribution in [3.8, 4) is 0 Å². The third-order valence-electron chi connectivity index (χ3n) is 3.31. The molecule has 0 amide bonds. The van der Waals surface area contributed by atoms with E-state index in [9.17, 15) is 13.6 Å². The molecule has 1 fully saturated rings. The number of thioether (sulfide) groups is 1. The van der Waals surface area contributed by atoms with E-state index in [2.05, 4.69) is 10.1 Å². The van der Waals surface area contributed by atoms with Crippen LogP contribution in [-0.4, -0.2) is 39.5 Å². The van der Waals surface area contributed by atoms with Crippen molar-refractivity contribution >= 4 is 44.5 Å². The molecule has 22 heavy (non-hydrogen) atoms. The zero-order chi connectivity index (χ0) is 16.2. The predicted octanol–water partition coefficient (Wildman–Crippen LogP) is 2.33. The van der Waals surface area contributed by atoms with Gasteiger partial charge in [-0.15, -0.1) is 0 Å². The number of hydrogen-bond acceptors (Lipinski definition) is 5. The van der Waals surface area contributed by atoms with Crippen molar-refractivity contribution in [2.24, 2.45) is 0 Å². The molecule has 8 heteroatoms. The lowest BCUT2D eigenvalue weighted by Gasteiger charge is -2.11. The number of methoxy groups -OCH3 is 1. The molecule has 0 spiro atoms. The largest absolute Gasteiger partial charge is 0.465 e. The van der Waals surface area contributed by atoms with Crippen LogP contribution in [0.2, 0.25) is 0 Å². The number of rotatable bonds is 4. The highest BCUT2D eigenvalue weighted by Crippen LogP contribution is 2.19. The minimum absolute atomic E-state index is 0.0146. The molecule has 2 N–H and O–H groups in total. The highest BCUT2D eigenvalue weighted by atomic mass is 32.3. The predicted molar refractivity (Wildman–Crippen MR) is 93.6 cm³/mol. The normalized spacial score (nSPS) is 24.0. The Morgan fingerprint density at radius 1 is 1.50 bits per heavy atom. The molecule has 2 atom stereocenters. The molecule has 1 unspecified atom stereocenters. The summed E-state index contributed by atoms with van der Waals surface area (Å²) in [6.45, 7) is 0. The van der Waals surface area contributed by atoms with Gasteiger partial charge in [0.2, 0.25) is 10.2 Å². The first-order chi connectivity index (χ1) is 10.4. The van der Waals surface area contributed by atoms with Gasteiger partial charge in [-0.1, -0.05) is 40.3 Å². The van der Waals surface area contributed by atoms with Gasteiger partial charge in [-0.25, -0.2) is 4.79 Å². The second-order valence-corrected chi connectivity index (χ2v) is 8.98. The summed E-state index contributed by atoms with van der Waals surface area (Å²) in [6.07, 6.45) is 0.670. The van der Waals surface area contributed by atoms with Gasteiger partial charge in [0.25, 0.3) is 0 Å². The summed E-state index contributed by atoms with van der Waals surface area (Å²) in [5.41, 5.74) is 1.56. The van der Waals surface area contributed by atoms with E-state index in [-0.39, 0.29) is 17.8 Å². The summed E-state index contributed by atoms with van der Waals surface area (Å²) < 4.78 is 26.2. The second-order valence-electron chi connectivity index (χ2n) is 5.04. The average Bonchev–Trinajstić information content (AvgIpc) is 2.83. The maximum Gasteiger partial charge on any atom is 0.337 e. The summed E-state index contributed by atoms with van der Waals surface area (Å²) >= 11 is 6.72. The Labute approximate surface area is 140 Å². The highest BCUT2D eigenvalue weighted by molar-refractivity contribution is 8.22. The molecule has 1 aliphatic heterocycles. The fraction of sp³-hybridized carbons (Fsp3) is 0.429. The summed E-state index contributed by atoms with van der Waals surface area (Å²) in [5.74, 6) is 0.924. The molecular formula is C14H18NO4S3+. The van der Waals surface area contributed by atoms with Gasteiger partial charge < -0.3 is 10.1 Å². The van der Waals surface area contributed by atoms with Crippen molar-refractivity contribution in [3.63, 3.8) is 0 Å². The second kappa shape index (κ2) is 7.54. The smallest absolute Gasteiger partial charge is 0.337 e. The quantitative estimate of drug-likeness (QED) is 0.485. The van der Waals surface area contributed by atoms with Crippen molar-refractivity contribution in [2.45, 2.75) is 18.2 Å². The Kier molecular flexibility index (Phi) is 5.96. The summed E-state index contributed by atoms with van der Waals surface area (Å²) in [6, 6.07) is 7.14. The zero-order valence-corrected chi connectivity index (χ0v) is 14.6. The first kappa shape index (κ1) is 17.4. The molecule has 1 saturated heterocycles. The van der Waals surface area contributed by atoms with E-state index < -0.39 is 10.2 Å². The molecular weight excluding hydrogens is 342 g/mol. The third kappa shape index (κ3) is 5.05. The Morgan fingerprint density at radius 2 is 2.18 bits per heavy atom. The number of nitrogens with one attached hydrogen (secondary N) is 1. The topological polar surface area (TPSA) is 75.6 Å². The van der Waals surface area contributed by atoms with Crippen molar-refractivity contribution in [1.29, 1.82) is 0 Å². The molecule has 5 nitrogen and oxygen atoms in total. The lowest BCUT2D eigenvalue weighted by molar-refractivity contribution is 0.0600. The van der Waals surface area contributed by atoms with E-state index in [4.69, 9.17) is 12.2 Å². The average molecular weight is 361 g/mol. The van der Waals surface area contributed by atoms with Crippen LogP contribution in [0.1, 0.15) is 22.3 Å². The molecule has 0 aliphatic carbocycles. The van der Waals surface area contributed by atoms with Crippen LogP contribution < -0.4 is 5.32 Å². The van der Waals surface area contributed by atoms with Crippen LogP contribution >= 0.6 is 24.0 Å². The van der Waals surface area contributed by atoms with Gasteiger partial charge in [0.15, 0.2) is 5.75 Å². The molecule has 0 radical (unpaired) electrons. The van der Waals surface area contributed by atoms with Gasteiger partial charge >= 0.3 is 5.97 Å². The minimum Gasteiger partial charge on any atom is -0.465 e. The number of esters is 1. The fourth-order valence-corrected chi connectivity index (χ4v) is 4.92. The highest BCUT2D eigenvalue weighted by Gasteiger charge is 2.38. The molecule has 0 bridgehead atoms. The van der Waals surface area contributed by atoms with E-state index in [0.29, 0.717) is 27.8 Å². The molecule has 120 valence electrons. The number of carbonyl (C=O) groups is 1. The maximum absolute atomic E-state index is 11.5. The van der Waals surface area contributed by atoms with Gasteiger partial charge in [-0.3, -0.25) is 0 Å². The number of ether oxygens (including phenoxy) is 1. The lowest BCUT2D eigenvalue weighted by atomic mass is 10.1. The fourth-order valence-electron chi connectivity index (χ4n) is 2.13. The van der Waals surface area contributed by atoms with Crippen LogP contribution in [0, 0.1) is 0 Å². The molecule has 2 rings (SSSR count). The van der Waals surface area contributed by atoms with Gasteiger partial charge in [0.05, 0.1) is 18.7 Å². The monoisotopic (exact) mass is 360 g/mol. The molecule has 0 aromatic heterocycles. The van der Waals surface area contributed by atoms with Crippen LogP contribution in [0.25, 0.3) is 0 Å². The Morgan fingerprint density at radius 3 is 2.73 bits per heavy atom. The van der Waals surface area contributed by atoms with Crippen molar-refractivity contribution in [2.75, 3.05) is 18.6 Å². The molecule has 1 aromatic rings. The van der Waals surface area contributed by atoms with Gasteiger partial charge in [-0.2, -0.15) is 4.55 Å². The third-order valence-corrected chi connectivity index (χ3v) is 6.44. The number of thiocarbonyl (C=S) groups is 1. The number of benzene rings is 1. The van der Waals surface area contributed by atoms with E-state index in [1.54, 1.807) is 12.1 Å². The van der Waals surface area contributed by atoms with E-state index in [1.165, 1.54) is 18.9 Å². The molecule has 0 saturated carbocycles. The summed E-state index contributed by atoms with van der Waals surface area (Å²) in [7, 11) is -1.30. The van der Waals surface area contributed by atoms with Crippen molar-refractivity contribution in [1.82, 2.24) is 5.32 Å². The Hall–Kier alpha value is -0.960. The van der Waals surface area contributed by atoms with Crippen LogP contribution in [0.15, 0.2) is 24.3 Å². The maximum atomic E-state index is 11.5. The van der Waals surface area contributed by atoms with E-state index in [1.807, 2.05) is 12.1 Å². The summed E-state index contributed by atoms with van der Waals surface area (Å²) in [5, 5.41) is 3.12. The van der Waals surface area contributed by atoms with Gasteiger partial charge in [0.1, 0.15) is 10.1 Å². The molecule has 1 heterocycles. The van der Waals surface area contributed by atoms with Crippen molar-refractivity contribution < 1.29 is 18.3 Å². The lowest BCUT2D eigenvalue weighted by Crippen LogP contribution is -2.33. The van der Waals surface area contributed by atoms with E-state index in [0.717, 1.165) is 5.56 Å². The van der Waals surface area contributed by atoms with Crippen LogP contribution in [0.3, 0.4) is 0 Å².